The topological polar surface area (TPSA) is 53.7 Å². The van der Waals surface area contributed by atoms with Gasteiger partial charge in [0.2, 0.25) is 0 Å². The lowest BCUT2D eigenvalue weighted by Gasteiger charge is -2.12. The number of halogens is 1. The SMILES string of the molecule is COCc1cc(OC)c(Cl)cc1CCON. The molecule has 2 N–H and O–H groups in total. The summed E-state index contributed by atoms with van der Waals surface area (Å²) in [5, 5.41) is 0.578. The first-order valence-corrected chi connectivity index (χ1v) is 5.26. The van der Waals surface area contributed by atoms with Crippen LogP contribution in [0.25, 0.3) is 0 Å². The van der Waals surface area contributed by atoms with Gasteiger partial charge in [0.15, 0.2) is 0 Å². The molecule has 1 rings (SSSR count). The smallest absolute Gasteiger partial charge is 0.137 e. The van der Waals surface area contributed by atoms with Crippen LogP contribution in [-0.4, -0.2) is 20.8 Å². The highest BCUT2D eigenvalue weighted by molar-refractivity contribution is 6.32. The minimum Gasteiger partial charge on any atom is -0.495 e. The highest BCUT2D eigenvalue weighted by atomic mass is 35.5. The Labute approximate surface area is 100 Å². The predicted molar refractivity (Wildman–Crippen MR) is 62.6 cm³/mol. The van der Waals surface area contributed by atoms with Crippen molar-refractivity contribution < 1.29 is 14.3 Å². The Morgan fingerprint density at radius 3 is 2.56 bits per heavy atom. The molecule has 0 unspecified atom stereocenters. The summed E-state index contributed by atoms with van der Waals surface area (Å²) >= 11 is 6.04. The summed E-state index contributed by atoms with van der Waals surface area (Å²) in [6, 6.07) is 3.73. The average Bonchev–Trinajstić information content (AvgIpc) is 2.29. The largest absolute Gasteiger partial charge is 0.495 e. The van der Waals surface area contributed by atoms with E-state index in [1.807, 2.05) is 12.1 Å². The van der Waals surface area contributed by atoms with Gasteiger partial charge in [0.25, 0.3) is 0 Å². The van der Waals surface area contributed by atoms with Crippen molar-refractivity contribution in [3.05, 3.63) is 28.3 Å². The zero-order chi connectivity index (χ0) is 12.0. The molecule has 5 heteroatoms. The normalized spacial score (nSPS) is 10.5. The number of hydrogen-bond acceptors (Lipinski definition) is 4. The van der Waals surface area contributed by atoms with Crippen LogP contribution in [0.15, 0.2) is 12.1 Å². The Bertz CT molecular complexity index is 344. The van der Waals surface area contributed by atoms with E-state index in [4.69, 9.17) is 27.0 Å². The lowest BCUT2D eigenvalue weighted by Crippen LogP contribution is -2.06. The molecular weight excluding hydrogens is 230 g/mol. The van der Waals surface area contributed by atoms with Gasteiger partial charge in [-0.25, -0.2) is 5.90 Å². The van der Waals surface area contributed by atoms with Crippen LogP contribution in [0, 0.1) is 0 Å². The van der Waals surface area contributed by atoms with E-state index >= 15 is 0 Å². The third kappa shape index (κ3) is 3.35. The summed E-state index contributed by atoms with van der Waals surface area (Å²) in [6.45, 7) is 0.951. The van der Waals surface area contributed by atoms with Gasteiger partial charge in [0.05, 0.1) is 25.3 Å². The Morgan fingerprint density at radius 1 is 1.25 bits per heavy atom. The second kappa shape index (κ2) is 6.70. The molecule has 0 fully saturated rings. The predicted octanol–water partition coefficient (Wildman–Crippen LogP) is 1.93. The highest BCUT2D eigenvalue weighted by Gasteiger charge is 2.09. The van der Waals surface area contributed by atoms with Gasteiger partial charge in [-0.15, -0.1) is 0 Å². The van der Waals surface area contributed by atoms with Gasteiger partial charge in [-0.05, 0) is 29.7 Å². The summed E-state index contributed by atoms with van der Waals surface area (Å²) in [5.41, 5.74) is 2.08. The quantitative estimate of drug-likeness (QED) is 0.778. The van der Waals surface area contributed by atoms with E-state index in [9.17, 15) is 0 Å². The third-order valence-electron chi connectivity index (χ3n) is 2.26. The first-order valence-electron chi connectivity index (χ1n) is 4.88. The molecule has 0 spiro atoms. The Hall–Kier alpha value is -0.810. The molecule has 0 aliphatic carbocycles. The fraction of sp³-hybridized carbons (Fsp3) is 0.455. The molecule has 0 saturated heterocycles. The maximum absolute atomic E-state index is 6.04. The van der Waals surface area contributed by atoms with E-state index < -0.39 is 0 Å². The first-order chi connectivity index (χ1) is 7.72. The molecule has 0 aromatic heterocycles. The fourth-order valence-corrected chi connectivity index (χ4v) is 1.75. The van der Waals surface area contributed by atoms with E-state index in [0.29, 0.717) is 30.4 Å². The Balaban J connectivity index is 2.98. The fourth-order valence-electron chi connectivity index (χ4n) is 1.48. The zero-order valence-corrected chi connectivity index (χ0v) is 10.2. The number of hydrogen-bond donors (Lipinski definition) is 1. The van der Waals surface area contributed by atoms with E-state index in [1.54, 1.807) is 14.2 Å². The van der Waals surface area contributed by atoms with Crippen LogP contribution in [0.1, 0.15) is 11.1 Å². The van der Waals surface area contributed by atoms with E-state index in [2.05, 4.69) is 4.84 Å². The van der Waals surface area contributed by atoms with Crippen LogP contribution >= 0.6 is 11.6 Å². The average molecular weight is 246 g/mol. The van der Waals surface area contributed by atoms with Gasteiger partial charge < -0.3 is 14.3 Å². The molecule has 0 aliphatic heterocycles. The lowest BCUT2D eigenvalue weighted by atomic mass is 10.0. The van der Waals surface area contributed by atoms with Crippen LogP contribution in [0.5, 0.6) is 5.75 Å². The lowest BCUT2D eigenvalue weighted by molar-refractivity contribution is 0.140. The molecule has 0 radical (unpaired) electrons. The van der Waals surface area contributed by atoms with Gasteiger partial charge in [0, 0.05) is 7.11 Å². The van der Waals surface area contributed by atoms with E-state index in [0.717, 1.165) is 11.1 Å². The van der Waals surface area contributed by atoms with E-state index in [-0.39, 0.29) is 0 Å². The maximum Gasteiger partial charge on any atom is 0.137 e. The molecule has 90 valence electrons. The van der Waals surface area contributed by atoms with Crippen LogP contribution in [0.3, 0.4) is 0 Å². The molecule has 0 bridgehead atoms. The number of methoxy groups -OCH3 is 2. The second-order valence-electron chi connectivity index (χ2n) is 3.31. The maximum atomic E-state index is 6.04. The van der Waals surface area contributed by atoms with Crippen LogP contribution in [0.2, 0.25) is 5.02 Å². The molecule has 0 aliphatic rings. The molecule has 0 heterocycles. The van der Waals surface area contributed by atoms with Crippen LogP contribution in [-0.2, 0) is 22.6 Å². The molecule has 1 aromatic carbocycles. The van der Waals surface area contributed by atoms with Crippen molar-refractivity contribution in [2.45, 2.75) is 13.0 Å². The van der Waals surface area contributed by atoms with E-state index in [1.165, 1.54) is 0 Å². The van der Waals surface area contributed by atoms with Gasteiger partial charge in [-0.1, -0.05) is 11.6 Å². The molecule has 0 amide bonds. The third-order valence-corrected chi connectivity index (χ3v) is 2.56. The molecule has 0 atom stereocenters. The second-order valence-corrected chi connectivity index (χ2v) is 3.72. The number of benzene rings is 1. The summed E-state index contributed by atoms with van der Waals surface area (Å²) in [6.07, 6.45) is 0.693. The first kappa shape index (κ1) is 13.3. The van der Waals surface area contributed by atoms with Crippen molar-refractivity contribution in [1.82, 2.24) is 0 Å². The highest BCUT2D eigenvalue weighted by Crippen LogP contribution is 2.28. The van der Waals surface area contributed by atoms with Crippen LogP contribution in [0.4, 0.5) is 0 Å². The molecular formula is C11H16ClNO3. The minimum atomic E-state index is 0.444. The number of nitrogens with two attached hydrogens (primary N) is 1. The monoisotopic (exact) mass is 245 g/mol. The van der Waals surface area contributed by atoms with Crippen molar-refractivity contribution >= 4 is 11.6 Å². The van der Waals surface area contributed by atoms with Crippen molar-refractivity contribution in [3.63, 3.8) is 0 Å². The molecule has 0 saturated carbocycles. The Morgan fingerprint density at radius 2 is 2.00 bits per heavy atom. The van der Waals surface area contributed by atoms with Gasteiger partial charge >= 0.3 is 0 Å². The summed E-state index contributed by atoms with van der Waals surface area (Å²) in [4.78, 5) is 4.56. The van der Waals surface area contributed by atoms with Crippen molar-refractivity contribution in [3.8, 4) is 5.75 Å². The molecule has 1 aromatic rings. The van der Waals surface area contributed by atoms with Gasteiger partial charge in [-0.2, -0.15) is 0 Å². The minimum absolute atomic E-state index is 0.444. The Kier molecular flexibility index (Phi) is 5.55. The number of rotatable bonds is 6. The number of ether oxygens (including phenoxy) is 2. The molecule has 16 heavy (non-hydrogen) atoms. The molecule has 4 nitrogen and oxygen atoms in total. The summed E-state index contributed by atoms with van der Waals surface area (Å²) < 4.78 is 10.3. The van der Waals surface area contributed by atoms with Crippen molar-refractivity contribution in [2.24, 2.45) is 5.90 Å². The summed E-state index contributed by atoms with van der Waals surface area (Å²) in [5.74, 6) is 5.65. The van der Waals surface area contributed by atoms with Crippen molar-refractivity contribution in [2.75, 3.05) is 20.8 Å². The summed E-state index contributed by atoms with van der Waals surface area (Å²) in [7, 11) is 3.23. The van der Waals surface area contributed by atoms with Crippen molar-refractivity contribution in [1.29, 1.82) is 0 Å². The zero-order valence-electron chi connectivity index (χ0n) is 9.46. The standard InChI is InChI=1S/C11H16ClNO3/c1-14-7-9-6-11(15-2)10(12)5-8(9)3-4-16-13/h5-6H,3-4,7,13H2,1-2H3. The van der Waals surface area contributed by atoms with Crippen LogP contribution < -0.4 is 10.6 Å². The van der Waals surface area contributed by atoms with Gasteiger partial charge in [-0.3, -0.25) is 0 Å². The van der Waals surface area contributed by atoms with Gasteiger partial charge in [0.1, 0.15) is 5.75 Å².